The van der Waals surface area contributed by atoms with Crippen LogP contribution in [0.5, 0.6) is 0 Å². The Morgan fingerprint density at radius 3 is 2.65 bits per heavy atom. The van der Waals surface area contributed by atoms with E-state index in [1.54, 1.807) is 11.3 Å². The topological polar surface area (TPSA) is 57.2 Å². The average Bonchev–Trinajstić information content (AvgIpc) is 3.36. The second kappa shape index (κ2) is 8.31. The molecule has 1 N–H and O–H groups in total. The van der Waals surface area contributed by atoms with E-state index in [4.69, 9.17) is 4.98 Å². The van der Waals surface area contributed by atoms with Crippen LogP contribution in [0.2, 0.25) is 0 Å². The van der Waals surface area contributed by atoms with E-state index in [9.17, 15) is 0 Å². The Bertz CT molecular complexity index is 690. The number of piperidine rings is 1. The maximum Gasteiger partial charge on any atom is 0.227 e. The van der Waals surface area contributed by atoms with E-state index < -0.39 is 0 Å². The summed E-state index contributed by atoms with van der Waals surface area (Å²) in [5.74, 6) is 2.02. The molecule has 4 heterocycles. The monoisotopic (exact) mass is 372 g/mol. The maximum atomic E-state index is 4.87. The summed E-state index contributed by atoms with van der Waals surface area (Å²) in [5.41, 5.74) is 4.18. The molecule has 0 radical (unpaired) electrons. The van der Waals surface area contributed by atoms with Gasteiger partial charge in [0.2, 0.25) is 5.95 Å². The van der Waals surface area contributed by atoms with Crippen LogP contribution in [0.1, 0.15) is 37.1 Å². The van der Waals surface area contributed by atoms with Gasteiger partial charge in [-0.05, 0) is 32.6 Å². The molecule has 26 heavy (non-hydrogen) atoms. The minimum atomic E-state index is 0.603. The summed E-state index contributed by atoms with van der Waals surface area (Å²) in [7, 11) is 0. The molecule has 0 bridgehead atoms. The summed E-state index contributed by atoms with van der Waals surface area (Å²) < 4.78 is 0. The van der Waals surface area contributed by atoms with Crippen LogP contribution >= 0.6 is 11.3 Å². The third-order valence-corrected chi connectivity index (χ3v) is 5.97. The van der Waals surface area contributed by atoms with Gasteiger partial charge in [0.05, 0.1) is 11.2 Å². The SMILES string of the molecule is Cc1cc(N2CCC(NCCc3cscn3)CC2)nc(N2CCCC2)n1. The number of aryl methyl sites for hydroxylation is 1. The van der Waals surface area contributed by atoms with Crippen LogP contribution < -0.4 is 15.1 Å². The lowest BCUT2D eigenvalue weighted by Crippen LogP contribution is -2.43. The van der Waals surface area contributed by atoms with Gasteiger partial charge in [-0.2, -0.15) is 4.98 Å². The van der Waals surface area contributed by atoms with Gasteiger partial charge < -0.3 is 15.1 Å². The molecule has 4 rings (SSSR count). The molecule has 2 aromatic rings. The molecule has 0 aliphatic carbocycles. The zero-order chi connectivity index (χ0) is 17.8. The molecule has 140 valence electrons. The summed E-state index contributed by atoms with van der Waals surface area (Å²) in [6, 6.07) is 2.74. The standard InChI is InChI=1S/C19H28N6S/c1-15-12-18(23-19(22-15)25-8-2-3-9-25)24-10-5-16(6-11-24)20-7-4-17-13-26-14-21-17/h12-14,16,20H,2-11H2,1H3. The molecule has 2 aromatic heterocycles. The molecule has 2 fully saturated rings. The second-order valence-electron chi connectivity index (χ2n) is 7.31. The summed E-state index contributed by atoms with van der Waals surface area (Å²) in [5, 5.41) is 5.83. The highest BCUT2D eigenvalue weighted by atomic mass is 32.1. The summed E-state index contributed by atoms with van der Waals surface area (Å²) in [6.07, 6.45) is 5.86. The van der Waals surface area contributed by atoms with E-state index >= 15 is 0 Å². The molecule has 0 saturated carbocycles. The van der Waals surface area contributed by atoms with Gasteiger partial charge in [0.1, 0.15) is 5.82 Å². The lowest BCUT2D eigenvalue weighted by molar-refractivity contribution is 0.415. The van der Waals surface area contributed by atoms with Crippen molar-refractivity contribution in [1.29, 1.82) is 0 Å². The number of nitrogens with zero attached hydrogens (tertiary/aromatic N) is 5. The second-order valence-corrected chi connectivity index (χ2v) is 8.03. The minimum Gasteiger partial charge on any atom is -0.356 e. The first-order chi connectivity index (χ1) is 12.8. The first-order valence-electron chi connectivity index (χ1n) is 9.74. The summed E-state index contributed by atoms with van der Waals surface area (Å²) in [6.45, 7) is 7.40. The fraction of sp³-hybridized carbons (Fsp3) is 0.632. The van der Waals surface area contributed by atoms with Gasteiger partial charge in [-0.1, -0.05) is 0 Å². The highest BCUT2D eigenvalue weighted by Crippen LogP contribution is 2.23. The van der Waals surface area contributed by atoms with Crippen molar-refractivity contribution in [3.63, 3.8) is 0 Å². The molecule has 0 atom stereocenters. The van der Waals surface area contributed by atoms with Crippen LogP contribution in [-0.4, -0.2) is 53.7 Å². The van der Waals surface area contributed by atoms with Crippen molar-refractivity contribution in [2.24, 2.45) is 0 Å². The number of rotatable bonds is 6. The van der Waals surface area contributed by atoms with Crippen molar-refractivity contribution >= 4 is 23.1 Å². The van der Waals surface area contributed by atoms with Crippen molar-refractivity contribution in [2.75, 3.05) is 42.5 Å². The van der Waals surface area contributed by atoms with E-state index in [2.05, 4.69) is 43.5 Å². The first-order valence-corrected chi connectivity index (χ1v) is 10.7. The zero-order valence-corrected chi connectivity index (χ0v) is 16.3. The average molecular weight is 373 g/mol. The van der Waals surface area contributed by atoms with Gasteiger partial charge in [0.15, 0.2) is 0 Å². The number of thiazole rings is 1. The van der Waals surface area contributed by atoms with Crippen LogP contribution in [0.3, 0.4) is 0 Å². The molecule has 0 spiro atoms. The minimum absolute atomic E-state index is 0.603. The van der Waals surface area contributed by atoms with E-state index in [-0.39, 0.29) is 0 Å². The van der Waals surface area contributed by atoms with Gasteiger partial charge >= 0.3 is 0 Å². The molecule has 2 saturated heterocycles. The number of hydrogen-bond acceptors (Lipinski definition) is 7. The Kier molecular flexibility index (Phi) is 5.65. The van der Waals surface area contributed by atoms with E-state index in [1.165, 1.54) is 31.4 Å². The number of aromatic nitrogens is 3. The van der Waals surface area contributed by atoms with Gasteiger partial charge in [0.25, 0.3) is 0 Å². The zero-order valence-electron chi connectivity index (χ0n) is 15.5. The predicted molar refractivity (Wildman–Crippen MR) is 107 cm³/mol. The van der Waals surface area contributed by atoms with Gasteiger partial charge in [-0.25, -0.2) is 9.97 Å². The lowest BCUT2D eigenvalue weighted by atomic mass is 10.0. The molecule has 7 heteroatoms. The summed E-state index contributed by atoms with van der Waals surface area (Å²) >= 11 is 1.67. The van der Waals surface area contributed by atoms with Crippen LogP contribution in [0, 0.1) is 6.92 Å². The van der Waals surface area contributed by atoms with Crippen molar-refractivity contribution in [3.05, 3.63) is 28.3 Å². The van der Waals surface area contributed by atoms with Crippen molar-refractivity contribution in [1.82, 2.24) is 20.3 Å². The van der Waals surface area contributed by atoms with Gasteiger partial charge in [-0.15, -0.1) is 11.3 Å². The van der Waals surface area contributed by atoms with Crippen LogP contribution in [-0.2, 0) is 6.42 Å². The highest BCUT2D eigenvalue weighted by molar-refractivity contribution is 7.07. The third kappa shape index (κ3) is 4.32. The normalized spacial score (nSPS) is 18.7. The molecular formula is C19H28N6S. The summed E-state index contributed by atoms with van der Waals surface area (Å²) in [4.78, 5) is 18.6. The van der Waals surface area contributed by atoms with Gasteiger partial charge in [-0.3, -0.25) is 0 Å². The van der Waals surface area contributed by atoms with Crippen LogP contribution in [0.25, 0.3) is 0 Å². The molecule has 2 aliphatic heterocycles. The molecular weight excluding hydrogens is 344 g/mol. The highest BCUT2D eigenvalue weighted by Gasteiger charge is 2.22. The Labute approximate surface area is 159 Å². The Balaban J connectivity index is 1.30. The molecule has 2 aliphatic rings. The molecule has 0 unspecified atom stereocenters. The van der Waals surface area contributed by atoms with Crippen molar-refractivity contribution in [3.8, 4) is 0 Å². The Hall–Kier alpha value is -1.73. The first kappa shape index (κ1) is 17.7. The molecule has 0 amide bonds. The van der Waals surface area contributed by atoms with Gasteiger partial charge in [0, 0.05) is 62.3 Å². The van der Waals surface area contributed by atoms with Crippen LogP contribution in [0.4, 0.5) is 11.8 Å². The third-order valence-electron chi connectivity index (χ3n) is 5.33. The van der Waals surface area contributed by atoms with Crippen molar-refractivity contribution in [2.45, 2.75) is 45.1 Å². The fourth-order valence-electron chi connectivity index (χ4n) is 3.84. The smallest absolute Gasteiger partial charge is 0.227 e. The number of hydrogen-bond donors (Lipinski definition) is 1. The van der Waals surface area contributed by atoms with E-state index in [0.29, 0.717) is 6.04 Å². The van der Waals surface area contributed by atoms with Crippen LogP contribution in [0.15, 0.2) is 17.0 Å². The fourth-order valence-corrected chi connectivity index (χ4v) is 4.43. The quantitative estimate of drug-likeness (QED) is 0.841. The largest absolute Gasteiger partial charge is 0.356 e. The van der Waals surface area contributed by atoms with E-state index in [1.807, 2.05) is 5.51 Å². The predicted octanol–water partition coefficient (Wildman–Crippen LogP) is 2.64. The number of nitrogens with one attached hydrogen (secondary N) is 1. The molecule has 6 nitrogen and oxygen atoms in total. The number of anilines is 2. The molecule has 0 aromatic carbocycles. The van der Waals surface area contributed by atoms with E-state index in [0.717, 1.165) is 56.6 Å². The Morgan fingerprint density at radius 2 is 1.92 bits per heavy atom. The lowest BCUT2D eigenvalue weighted by Gasteiger charge is -2.33. The maximum absolute atomic E-state index is 4.87. The van der Waals surface area contributed by atoms with Crippen molar-refractivity contribution < 1.29 is 0 Å². The Morgan fingerprint density at radius 1 is 1.12 bits per heavy atom.